The Morgan fingerprint density at radius 1 is 1.00 bits per heavy atom. The Morgan fingerprint density at radius 2 is 1.65 bits per heavy atom. The van der Waals surface area contributed by atoms with E-state index in [1.54, 1.807) is 18.2 Å². The topological polar surface area (TPSA) is 82.0 Å². The van der Waals surface area contributed by atoms with Crippen LogP contribution in [0, 0.1) is 11.3 Å². The van der Waals surface area contributed by atoms with Gasteiger partial charge in [-0.05, 0) is 36.4 Å². The van der Waals surface area contributed by atoms with Crippen molar-refractivity contribution < 1.29 is 18.4 Å². The molecule has 0 spiro atoms. The number of benzene rings is 2. The van der Waals surface area contributed by atoms with Gasteiger partial charge in [-0.15, -0.1) is 0 Å². The minimum absolute atomic E-state index is 0.0914. The van der Waals surface area contributed by atoms with Crippen LogP contribution in [0.15, 0.2) is 48.5 Å². The fraction of sp³-hybridized carbons (Fsp3) is 0.0625. The maximum absolute atomic E-state index is 12.2. The van der Waals surface area contributed by atoms with Gasteiger partial charge >= 0.3 is 6.43 Å². The lowest BCUT2D eigenvalue weighted by Gasteiger charge is -2.08. The van der Waals surface area contributed by atoms with Crippen LogP contribution in [0.25, 0.3) is 0 Å². The van der Waals surface area contributed by atoms with E-state index in [0.29, 0.717) is 11.3 Å². The highest BCUT2D eigenvalue weighted by Gasteiger charge is 2.15. The van der Waals surface area contributed by atoms with Gasteiger partial charge in [0, 0.05) is 16.9 Å². The Kier molecular flexibility index (Phi) is 5.00. The zero-order valence-corrected chi connectivity index (χ0v) is 11.7. The largest absolute Gasteiger partial charge is 0.322 e. The fourth-order valence-corrected chi connectivity index (χ4v) is 1.80. The Bertz CT molecular complexity index is 785. The monoisotopic (exact) mass is 315 g/mol. The van der Waals surface area contributed by atoms with Gasteiger partial charge < -0.3 is 10.6 Å². The summed E-state index contributed by atoms with van der Waals surface area (Å²) in [7, 11) is 0. The zero-order chi connectivity index (χ0) is 16.8. The summed E-state index contributed by atoms with van der Waals surface area (Å²) in [6.45, 7) is 0. The molecular formula is C16H11F2N3O2. The molecule has 0 unspecified atom stereocenters. The van der Waals surface area contributed by atoms with Crippen molar-refractivity contribution in [3.63, 3.8) is 0 Å². The summed E-state index contributed by atoms with van der Waals surface area (Å²) in [5.74, 6) is -1.93. The Balaban J connectivity index is 2.13. The average Bonchev–Trinajstić information content (AvgIpc) is 2.55. The molecule has 116 valence electrons. The third-order valence-corrected chi connectivity index (χ3v) is 2.84. The van der Waals surface area contributed by atoms with Crippen molar-refractivity contribution in [3.05, 3.63) is 59.7 Å². The standard InChI is InChI=1S/C16H11F2N3O2/c17-14(18)16(23)21-13-6-2-4-11(8-13)15(22)20-12-5-1-3-10(7-12)9-19/h1-8,14H,(H,20,22)(H,21,23). The molecule has 0 bridgehead atoms. The molecule has 23 heavy (non-hydrogen) atoms. The normalized spacial score (nSPS) is 10.0. The molecule has 0 saturated carbocycles. The number of hydrogen-bond donors (Lipinski definition) is 2. The van der Waals surface area contributed by atoms with Crippen LogP contribution >= 0.6 is 0 Å². The van der Waals surface area contributed by atoms with E-state index in [-0.39, 0.29) is 11.3 Å². The number of hydrogen-bond acceptors (Lipinski definition) is 3. The van der Waals surface area contributed by atoms with E-state index >= 15 is 0 Å². The van der Waals surface area contributed by atoms with Crippen LogP contribution in [-0.4, -0.2) is 18.2 Å². The first-order valence-corrected chi connectivity index (χ1v) is 6.50. The number of rotatable bonds is 4. The minimum Gasteiger partial charge on any atom is -0.322 e. The second kappa shape index (κ2) is 7.13. The summed E-state index contributed by atoms with van der Waals surface area (Å²) in [4.78, 5) is 23.1. The van der Waals surface area contributed by atoms with E-state index < -0.39 is 18.2 Å². The molecule has 2 N–H and O–H groups in total. The molecule has 7 heteroatoms. The van der Waals surface area contributed by atoms with E-state index in [4.69, 9.17) is 5.26 Å². The van der Waals surface area contributed by atoms with E-state index in [2.05, 4.69) is 5.32 Å². The molecule has 5 nitrogen and oxygen atoms in total. The van der Waals surface area contributed by atoms with E-state index in [0.717, 1.165) is 0 Å². The lowest BCUT2D eigenvalue weighted by Crippen LogP contribution is -2.20. The number of nitrogens with zero attached hydrogens (tertiary/aromatic N) is 1. The molecule has 2 aromatic carbocycles. The molecular weight excluding hydrogens is 304 g/mol. The van der Waals surface area contributed by atoms with Crippen LogP contribution < -0.4 is 10.6 Å². The van der Waals surface area contributed by atoms with Gasteiger partial charge in [0.2, 0.25) is 0 Å². The van der Waals surface area contributed by atoms with Gasteiger partial charge in [-0.1, -0.05) is 12.1 Å². The molecule has 0 saturated heterocycles. The number of nitriles is 1. The summed E-state index contributed by atoms with van der Waals surface area (Å²) in [5.41, 5.74) is 1.09. The third-order valence-electron chi connectivity index (χ3n) is 2.84. The Morgan fingerprint density at radius 3 is 2.30 bits per heavy atom. The molecule has 0 atom stereocenters. The second-order valence-electron chi connectivity index (χ2n) is 4.52. The van der Waals surface area contributed by atoms with Crippen LogP contribution in [0.3, 0.4) is 0 Å². The number of anilines is 2. The number of carbonyl (C=O) groups is 2. The van der Waals surface area contributed by atoms with Crippen molar-refractivity contribution in [3.8, 4) is 6.07 Å². The molecule has 0 radical (unpaired) electrons. The summed E-state index contributed by atoms with van der Waals surface area (Å²) < 4.78 is 24.4. The lowest BCUT2D eigenvalue weighted by molar-refractivity contribution is -0.126. The van der Waals surface area contributed by atoms with Gasteiger partial charge in [-0.3, -0.25) is 9.59 Å². The summed E-state index contributed by atoms with van der Waals surface area (Å²) in [6.07, 6.45) is -3.14. The van der Waals surface area contributed by atoms with Crippen LogP contribution in [0.1, 0.15) is 15.9 Å². The molecule has 0 aliphatic rings. The molecule has 2 rings (SSSR count). The Hall–Kier alpha value is -3.27. The second-order valence-corrected chi connectivity index (χ2v) is 4.52. The van der Waals surface area contributed by atoms with Crippen molar-refractivity contribution in [2.75, 3.05) is 10.6 Å². The number of nitrogens with one attached hydrogen (secondary N) is 2. The van der Waals surface area contributed by atoms with Crippen molar-refractivity contribution in [2.45, 2.75) is 6.43 Å². The van der Waals surface area contributed by atoms with Crippen LogP contribution in [0.5, 0.6) is 0 Å². The smallest absolute Gasteiger partial charge is 0.315 e. The quantitative estimate of drug-likeness (QED) is 0.910. The third kappa shape index (κ3) is 4.35. The van der Waals surface area contributed by atoms with Gasteiger partial charge in [-0.25, -0.2) is 0 Å². The molecule has 0 aliphatic carbocycles. The van der Waals surface area contributed by atoms with Crippen LogP contribution in [-0.2, 0) is 4.79 Å². The van der Waals surface area contributed by atoms with Crippen LogP contribution in [0.2, 0.25) is 0 Å². The predicted molar refractivity (Wildman–Crippen MR) is 80.2 cm³/mol. The summed E-state index contributed by atoms with van der Waals surface area (Å²) >= 11 is 0. The molecule has 0 heterocycles. The first-order chi connectivity index (χ1) is 11.0. The highest BCUT2D eigenvalue weighted by Crippen LogP contribution is 2.15. The summed E-state index contributed by atoms with van der Waals surface area (Å²) in [5, 5.41) is 13.4. The van der Waals surface area contributed by atoms with Gasteiger partial charge in [0.15, 0.2) is 0 Å². The van der Waals surface area contributed by atoms with Gasteiger partial charge in [0.25, 0.3) is 11.8 Å². The highest BCUT2D eigenvalue weighted by molar-refractivity contribution is 6.05. The number of amides is 2. The van der Waals surface area contributed by atoms with Gasteiger partial charge in [-0.2, -0.15) is 14.0 Å². The van der Waals surface area contributed by atoms with Gasteiger partial charge in [0.05, 0.1) is 11.6 Å². The van der Waals surface area contributed by atoms with Crippen molar-refractivity contribution in [1.29, 1.82) is 5.26 Å². The number of carbonyl (C=O) groups excluding carboxylic acids is 2. The van der Waals surface area contributed by atoms with Crippen molar-refractivity contribution in [2.24, 2.45) is 0 Å². The van der Waals surface area contributed by atoms with Crippen molar-refractivity contribution in [1.82, 2.24) is 0 Å². The maximum atomic E-state index is 12.2. The predicted octanol–water partition coefficient (Wildman–Crippen LogP) is 3.01. The maximum Gasteiger partial charge on any atom is 0.315 e. The lowest BCUT2D eigenvalue weighted by atomic mass is 10.1. The van der Waals surface area contributed by atoms with Gasteiger partial charge in [0.1, 0.15) is 0 Å². The molecule has 2 amide bonds. The van der Waals surface area contributed by atoms with Crippen LogP contribution in [0.4, 0.5) is 20.2 Å². The number of halogens is 2. The fourth-order valence-electron chi connectivity index (χ4n) is 1.80. The van der Waals surface area contributed by atoms with E-state index in [9.17, 15) is 18.4 Å². The zero-order valence-electron chi connectivity index (χ0n) is 11.7. The SMILES string of the molecule is N#Cc1cccc(NC(=O)c2cccc(NC(=O)C(F)F)c2)c1. The molecule has 0 aromatic heterocycles. The molecule has 0 aliphatic heterocycles. The highest BCUT2D eigenvalue weighted by atomic mass is 19.3. The first kappa shape index (κ1) is 16.1. The molecule has 2 aromatic rings. The first-order valence-electron chi connectivity index (χ1n) is 6.50. The average molecular weight is 315 g/mol. The minimum atomic E-state index is -3.14. The van der Waals surface area contributed by atoms with E-state index in [1.165, 1.54) is 30.3 Å². The summed E-state index contributed by atoms with van der Waals surface area (Å²) in [6, 6.07) is 13.9. The molecule has 0 fully saturated rings. The number of alkyl halides is 2. The van der Waals surface area contributed by atoms with E-state index in [1.807, 2.05) is 11.4 Å². The van der Waals surface area contributed by atoms with Crippen molar-refractivity contribution >= 4 is 23.2 Å². The Labute approximate surface area is 130 Å².